The first-order chi connectivity index (χ1) is 9.40. The summed E-state index contributed by atoms with van der Waals surface area (Å²) in [7, 11) is 0. The summed E-state index contributed by atoms with van der Waals surface area (Å²) in [4.78, 5) is 22.3. The molecule has 0 heterocycles. The van der Waals surface area contributed by atoms with E-state index in [-0.39, 0.29) is 5.69 Å². The third-order valence-electron chi connectivity index (χ3n) is 2.70. The highest BCUT2D eigenvalue weighted by atomic mass is 19.1. The minimum Gasteiger partial charge on any atom is -0.478 e. The van der Waals surface area contributed by atoms with Gasteiger partial charge in [-0.15, -0.1) is 0 Å². The predicted molar refractivity (Wildman–Crippen MR) is 74.5 cm³/mol. The molecule has 0 saturated carbocycles. The van der Waals surface area contributed by atoms with Crippen LogP contribution in [0.15, 0.2) is 18.2 Å². The largest absolute Gasteiger partial charge is 0.478 e. The SMILES string of the molecule is CC(C)CCCNC(=O)Nc1ccc(F)c(C(=O)O)c1. The minimum atomic E-state index is -1.37. The van der Waals surface area contributed by atoms with Gasteiger partial charge >= 0.3 is 12.0 Å². The van der Waals surface area contributed by atoms with Crippen LogP contribution in [0.3, 0.4) is 0 Å². The highest BCUT2D eigenvalue weighted by Crippen LogP contribution is 2.14. The van der Waals surface area contributed by atoms with E-state index in [1.165, 1.54) is 6.07 Å². The molecule has 110 valence electrons. The Bertz CT molecular complexity index is 489. The van der Waals surface area contributed by atoms with Crippen LogP contribution in [0.25, 0.3) is 0 Å². The Balaban J connectivity index is 2.50. The van der Waals surface area contributed by atoms with E-state index in [4.69, 9.17) is 5.11 Å². The number of nitrogens with one attached hydrogen (secondary N) is 2. The number of aromatic carboxylic acids is 1. The van der Waals surface area contributed by atoms with E-state index in [0.29, 0.717) is 12.5 Å². The molecule has 0 aliphatic heterocycles. The van der Waals surface area contributed by atoms with Crippen LogP contribution in [-0.2, 0) is 0 Å². The second-order valence-corrected chi connectivity index (χ2v) is 4.92. The van der Waals surface area contributed by atoms with Gasteiger partial charge in [0.2, 0.25) is 0 Å². The average Bonchev–Trinajstić information content (AvgIpc) is 2.36. The first kappa shape index (κ1) is 15.9. The molecule has 2 amide bonds. The van der Waals surface area contributed by atoms with Gasteiger partial charge in [0, 0.05) is 12.2 Å². The van der Waals surface area contributed by atoms with Gasteiger partial charge in [-0.3, -0.25) is 0 Å². The molecule has 0 bridgehead atoms. The number of anilines is 1. The van der Waals surface area contributed by atoms with Crippen molar-refractivity contribution in [2.45, 2.75) is 26.7 Å². The molecular weight excluding hydrogens is 263 g/mol. The summed E-state index contributed by atoms with van der Waals surface area (Å²) in [5, 5.41) is 13.9. The molecule has 0 aromatic heterocycles. The maximum Gasteiger partial charge on any atom is 0.338 e. The smallest absolute Gasteiger partial charge is 0.338 e. The number of urea groups is 1. The van der Waals surface area contributed by atoms with E-state index in [1.54, 1.807) is 0 Å². The lowest BCUT2D eigenvalue weighted by Gasteiger charge is -2.09. The zero-order valence-electron chi connectivity index (χ0n) is 11.6. The number of carboxylic acid groups (broad SMARTS) is 1. The minimum absolute atomic E-state index is 0.241. The van der Waals surface area contributed by atoms with Crippen LogP contribution in [-0.4, -0.2) is 23.7 Å². The van der Waals surface area contributed by atoms with Gasteiger partial charge in [-0.25, -0.2) is 14.0 Å². The second-order valence-electron chi connectivity index (χ2n) is 4.92. The standard InChI is InChI=1S/C14H19FN2O3/c1-9(2)4-3-7-16-14(20)17-10-5-6-12(15)11(8-10)13(18)19/h5-6,8-9H,3-4,7H2,1-2H3,(H,18,19)(H2,16,17,20). The van der Waals surface area contributed by atoms with Crippen molar-refractivity contribution in [3.8, 4) is 0 Å². The molecule has 0 aliphatic rings. The van der Waals surface area contributed by atoms with Gasteiger partial charge in [0.05, 0.1) is 5.56 Å². The van der Waals surface area contributed by atoms with Crippen molar-refractivity contribution in [1.82, 2.24) is 5.32 Å². The maximum atomic E-state index is 13.2. The fourth-order valence-corrected chi connectivity index (χ4v) is 1.65. The van der Waals surface area contributed by atoms with Crippen LogP contribution in [0.1, 0.15) is 37.0 Å². The van der Waals surface area contributed by atoms with E-state index in [2.05, 4.69) is 24.5 Å². The number of carbonyl (C=O) groups is 2. The normalized spacial score (nSPS) is 10.4. The zero-order chi connectivity index (χ0) is 15.1. The molecule has 0 spiro atoms. The number of hydrogen-bond donors (Lipinski definition) is 3. The molecule has 1 aromatic carbocycles. The Labute approximate surface area is 117 Å². The molecule has 0 saturated heterocycles. The second kappa shape index (κ2) is 7.47. The molecule has 0 atom stereocenters. The lowest BCUT2D eigenvalue weighted by atomic mass is 10.1. The summed E-state index contributed by atoms with van der Waals surface area (Å²) >= 11 is 0. The van der Waals surface area contributed by atoms with Gasteiger partial charge in [-0.2, -0.15) is 0 Å². The molecule has 6 heteroatoms. The van der Waals surface area contributed by atoms with Gasteiger partial charge in [-0.1, -0.05) is 13.8 Å². The van der Waals surface area contributed by atoms with Crippen molar-refractivity contribution in [2.24, 2.45) is 5.92 Å². The topological polar surface area (TPSA) is 78.4 Å². The van der Waals surface area contributed by atoms with Crippen molar-refractivity contribution in [3.05, 3.63) is 29.6 Å². The highest BCUT2D eigenvalue weighted by Gasteiger charge is 2.11. The van der Waals surface area contributed by atoms with Gasteiger partial charge in [-0.05, 0) is 37.0 Å². The van der Waals surface area contributed by atoms with Gasteiger partial charge in [0.15, 0.2) is 0 Å². The van der Waals surface area contributed by atoms with Crippen LogP contribution < -0.4 is 10.6 Å². The summed E-state index contributed by atoms with van der Waals surface area (Å²) in [5.74, 6) is -1.63. The molecule has 20 heavy (non-hydrogen) atoms. The average molecular weight is 282 g/mol. The molecular formula is C14H19FN2O3. The number of carboxylic acids is 1. The first-order valence-corrected chi connectivity index (χ1v) is 6.48. The van der Waals surface area contributed by atoms with Crippen LogP contribution in [0, 0.1) is 11.7 Å². The predicted octanol–water partition coefficient (Wildman–Crippen LogP) is 3.08. The van der Waals surface area contributed by atoms with Crippen LogP contribution in [0.2, 0.25) is 0 Å². The number of benzene rings is 1. The van der Waals surface area contributed by atoms with E-state index < -0.39 is 23.4 Å². The Hall–Kier alpha value is -2.11. The van der Waals surface area contributed by atoms with Gasteiger partial charge in [0.25, 0.3) is 0 Å². The quantitative estimate of drug-likeness (QED) is 0.701. The van der Waals surface area contributed by atoms with Crippen molar-refractivity contribution in [1.29, 1.82) is 0 Å². The summed E-state index contributed by atoms with van der Waals surface area (Å²) in [5.41, 5.74) is -0.229. The monoisotopic (exact) mass is 282 g/mol. The summed E-state index contributed by atoms with van der Waals surface area (Å²) in [6.07, 6.45) is 1.88. The van der Waals surface area contributed by atoms with E-state index in [1.807, 2.05) is 0 Å². The number of rotatable bonds is 6. The molecule has 1 aromatic rings. The fourth-order valence-electron chi connectivity index (χ4n) is 1.65. The van der Waals surface area contributed by atoms with Gasteiger partial charge < -0.3 is 15.7 Å². The molecule has 0 aliphatic carbocycles. The number of amides is 2. The van der Waals surface area contributed by atoms with Crippen LogP contribution in [0.5, 0.6) is 0 Å². The van der Waals surface area contributed by atoms with E-state index >= 15 is 0 Å². The van der Waals surface area contributed by atoms with E-state index in [0.717, 1.165) is 25.0 Å². The Morgan fingerprint density at radius 3 is 2.65 bits per heavy atom. The number of hydrogen-bond acceptors (Lipinski definition) is 2. The van der Waals surface area contributed by atoms with E-state index in [9.17, 15) is 14.0 Å². The lowest BCUT2D eigenvalue weighted by Crippen LogP contribution is -2.29. The van der Waals surface area contributed by atoms with Crippen molar-refractivity contribution >= 4 is 17.7 Å². The maximum absolute atomic E-state index is 13.2. The molecule has 1 rings (SSSR count). The third-order valence-corrected chi connectivity index (χ3v) is 2.70. The Morgan fingerprint density at radius 2 is 2.05 bits per heavy atom. The zero-order valence-corrected chi connectivity index (χ0v) is 11.6. The fraction of sp³-hybridized carbons (Fsp3) is 0.429. The van der Waals surface area contributed by atoms with Crippen molar-refractivity contribution in [3.63, 3.8) is 0 Å². The molecule has 0 radical (unpaired) electrons. The molecule has 0 unspecified atom stereocenters. The Kier molecular flexibility index (Phi) is 5.96. The van der Waals surface area contributed by atoms with Gasteiger partial charge in [0.1, 0.15) is 5.82 Å². The summed E-state index contributed by atoms with van der Waals surface area (Å²) < 4.78 is 13.2. The summed E-state index contributed by atoms with van der Waals surface area (Å²) in [6, 6.07) is 2.98. The van der Waals surface area contributed by atoms with Crippen LogP contribution in [0.4, 0.5) is 14.9 Å². The van der Waals surface area contributed by atoms with Crippen molar-refractivity contribution in [2.75, 3.05) is 11.9 Å². The highest BCUT2D eigenvalue weighted by molar-refractivity contribution is 5.93. The van der Waals surface area contributed by atoms with Crippen molar-refractivity contribution < 1.29 is 19.1 Å². The lowest BCUT2D eigenvalue weighted by molar-refractivity contribution is 0.0692. The number of halogens is 1. The number of carbonyl (C=O) groups excluding carboxylic acids is 1. The first-order valence-electron chi connectivity index (χ1n) is 6.48. The molecule has 0 fully saturated rings. The molecule has 5 nitrogen and oxygen atoms in total. The summed E-state index contributed by atoms with van der Waals surface area (Å²) in [6.45, 7) is 4.75. The van der Waals surface area contributed by atoms with Crippen LogP contribution >= 0.6 is 0 Å². The Morgan fingerprint density at radius 1 is 1.35 bits per heavy atom. The third kappa shape index (κ3) is 5.26. The molecule has 3 N–H and O–H groups in total.